The molecule has 3 unspecified atom stereocenters. The van der Waals surface area contributed by atoms with Gasteiger partial charge >= 0.3 is 7.12 Å². The smallest absolute Gasteiger partial charge is 0.409 e. The van der Waals surface area contributed by atoms with E-state index in [1.165, 1.54) is 0 Å². The average molecular weight is 358 g/mol. The van der Waals surface area contributed by atoms with Crippen LogP contribution in [0.25, 0.3) is 0 Å². The Morgan fingerprint density at radius 1 is 1.38 bits per heavy atom. The molecule has 21 heavy (non-hydrogen) atoms. The topological polar surface area (TPSA) is 30.5 Å². The summed E-state index contributed by atoms with van der Waals surface area (Å²) in [6, 6.07) is 0.326. The van der Waals surface area contributed by atoms with Crippen molar-refractivity contribution in [3.63, 3.8) is 0 Å². The van der Waals surface area contributed by atoms with E-state index in [2.05, 4.69) is 35.1 Å². The Morgan fingerprint density at radius 3 is 2.71 bits per heavy atom. The van der Waals surface area contributed by atoms with Crippen molar-refractivity contribution in [3.8, 4) is 0 Å². The van der Waals surface area contributed by atoms with E-state index >= 15 is 0 Å². The molecule has 0 aromatic rings. The minimum Gasteiger partial charge on any atom is -0.409 e. The third-order valence-corrected chi connectivity index (χ3v) is 5.61. The fourth-order valence-electron chi connectivity index (χ4n) is 3.33. The fraction of sp³-hybridized carbons (Fsp3) is 0.733. The Labute approximate surface area is 134 Å². The molecule has 3 atom stereocenters. The highest BCUT2D eigenvalue weighted by Crippen LogP contribution is 2.43. The third kappa shape index (κ3) is 3.14. The minimum absolute atomic E-state index is 0.00767. The lowest BCUT2D eigenvalue weighted by molar-refractivity contribution is 0.0224. The van der Waals surface area contributed by atoms with E-state index in [4.69, 9.17) is 9.31 Å². The van der Waals surface area contributed by atoms with Crippen LogP contribution in [0.5, 0.6) is 0 Å². The van der Waals surface area contributed by atoms with Crippen molar-refractivity contribution >= 4 is 23.0 Å². The molecule has 2 aliphatic heterocycles. The van der Waals surface area contributed by atoms with E-state index in [0.29, 0.717) is 19.3 Å². The van der Waals surface area contributed by atoms with E-state index in [9.17, 15) is 4.39 Å². The zero-order valence-electron chi connectivity index (χ0n) is 12.6. The standard InChI is InChI=1S/C15H22BBrFNO2/c1-14(2)9-20-16(21-10-14)15(17)8-11(18)5-6-12(15)13-4-3-7-19-13/h5-6,8,12-13,19H,3-4,7,9-10H2,1-2H3. The summed E-state index contributed by atoms with van der Waals surface area (Å²) in [6.07, 6.45) is 7.36. The quantitative estimate of drug-likeness (QED) is 0.608. The van der Waals surface area contributed by atoms with E-state index in [0.717, 1.165) is 19.4 Å². The highest BCUT2D eigenvalue weighted by Gasteiger charge is 2.54. The van der Waals surface area contributed by atoms with Crippen molar-refractivity contribution in [1.29, 1.82) is 0 Å². The summed E-state index contributed by atoms with van der Waals surface area (Å²) in [4.78, 5) is 0. The molecule has 1 N–H and O–H groups in total. The van der Waals surface area contributed by atoms with Crippen molar-refractivity contribution in [2.75, 3.05) is 19.8 Å². The predicted octanol–water partition coefficient (Wildman–Crippen LogP) is 3.01. The summed E-state index contributed by atoms with van der Waals surface area (Å²) >= 11 is 3.75. The molecular formula is C15H22BBrFNO2. The van der Waals surface area contributed by atoms with Gasteiger partial charge in [-0.1, -0.05) is 35.9 Å². The summed E-state index contributed by atoms with van der Waals surface area (Å²) in [5.74, 6) is -0.121. The second-order valence-electron chi connectivity index (χ2n) is 7.06. The maximum absolute atomic E-state index is 13.9. The highest BCUT2D eigenvalue weighted by molar-refractivity contribution is 9.10. The molecule has 2 saturated heterocycles. The highest BCUT2D eigenvalue weighted by atomic mass is 79.9. The molecule has 0 bridgehead atoms. The molecule has 3 rings (SSSR count). The molecule has 0 amide bonds. The summed E-state index contributed by atoms with van der Waals surface area (Å²) in [6.45, 7) is 6.47. The fourth-order valence-corrected chi connectivity index (χ4v) is 4.29. The maximum Gasteiger partial charge on any atom is 0.479 e. The summed E-state index contributed by atoms with van der Waals surface area (Å²) in [5.41, 5.74) is 0.00767. The van der Waals surface area contributed by atoms with Gasteiger partial charge in [-0.15, -0.1) is 0 Å². The molecule has 0 spiro atoms. The van der Waals surface area contributed by atoms with Gasteiger partial charge in [-0.2, -0.15) is 0 Å². The number of alkyl halides is 1. The SMILES string of the molecule is CC1(C)COB(C2(Br)C=C(F)C=CC2C2CCCN2)OC1. The van der Waals surface area contributed by atoms with E-state index in [1.807, 2.05) is 6.08 Å². The van der Waals surface area contributed by atoms with Crippen LogP contribution < -0.4 is 5.32 Å². The van der Waals surface area contributed by atoms with Gasteiger partial charge in [-0.05, 0) is 31.5 Å². The van der Waals surface area contributed by atoms with Crippen LogP contribution in [-0.4, -0.2) is 37.1 Å². The summed E-state index contributed by atoms with van der Waals surface area (Å²) in [5, 5.41) is 3.51. The summed E-state index contributed by atoms with van der Waals surface area (Å²) < 4.78 is 25.1. The van der Waals surface area contributed by atoms with Gasteiger partial charge in [0.15, 0.2) is 0 Å². The monoisotopic (exact) mass is 357 g/mol. The molecular weight excluding hydrogens is 336 g/mol. The van der Waals surface area contributed by atoms with Crippen molar-refractivity contribution in [2.45, 2.75) is 37.0 Å². The van der Waals surface area contributed by atoms with Gasteiger partial charge in [0.1, 0.15) is 5.83 Å². The molecule has 0 radical (unpaired) electrons. The van der Waals surface area contributed by atoms with Crippen LogP contribution in [0.2, 0.25) is 0 Å². The van der Waals surface area contributed by atoms with Crippen LogP contribution in [0.1, 0.15) is 26.7 Å². The zero-order valence-corrected chi connectivity index (χ0v) is 14.2. The zero-order chi connectivity index (χ0) is 15.1. The first-order valence-electron chi connectivity index (χ1n) is 7.63. The Hall–Kier alpha value is -0.165. The Morgan fingerprint density at radius 2 is 2.10 bits per heavy atom. The lowest BCUT2D eigenvalue weighted by atomic mass is 9.60. The number of halogens is 2. The second kappa shape index (κ2) is 5.80. The van der Waals surface area contributed by atoms with Gasteiger partial charge < -0.3 is 14.6 Å². The van der Waals surface area contributed by atoms with Crippen molar-refractivity contribution in [1.82, 2.24) is 5.32 Å². The molecule has 0 aromatic heterocycles. The van der Waals surface area contributed by atoms with Gasteiger partial charge in [-0.25, -0.2) is 4.39 Å². The number of allylic oxidation sites excluding steroid dienone is 3. The van der Waals surface area contributed by atoms with E-state index in [1.54, 1.807) is 12.2 Å². The van der Waals surface area contributed by atoms with Gasteiger partial charge in [-0.3, -0.25) is 0 Å². The van der Waals surface area contributed by atoms with Crippen LogP contribution in [0.3, 0.4) is 0 Å². The van der Waals surface area contributed by atoms with Crippen LogP contribution in [0.15, 0.2) is 24.1 Å². The number of hydrogen-bond donors (Lipinski definition) is 1. The number of hydrogen-bond acceptors (Lipinski definition) is 3. The Balaban J connectivity index is 1.82. The first-order chi connectivity index (χ1) is 9.91. The molecule has 2 heterocycles. The Bertz CT molecular complexity index is 455. The predicted molar refractivity (Wildman–Crippen MR) is 85.9 cm³/mol. The third-order valence-electron chi connectivity index (χ3n) is 4.48. The van der Waals surface area contributed by atoms with Crippen LogP contribution in [0.4, 0.5) is 4.39 Å². The van der Waals surface area contributed by atoms with E-state index in [-0.39, 0.29) is 17.2 Å². The number of nitrogens with one attached hydrogen (secondary N) is 1. The molecule has 0 aromatic carbocycles. The van der Waals surface area contributed by atoms with Crippen molar-refractivity contribution in [2.24, 2.45) is 11.3 Å². The van der Waals surface area contributed by atoms with Crippen molar-refractivity contribution < 1.29 is 13.7 Å². The average Bonchev–Trinajstić information content (AvgIpc) is 2.92. The molecule has 2 fully saturated rings. The Kier molecular flexibility index (Phi) is 4.34. The van der Waals surface area contributed by atoms with Gasteiger partial charge in [0.2, 0.25) is 0 Å². The largest absolute Gasteiger partial charge is 0.479 e. The first-order valence-corrected chi connectivity index (χ1v) is 8.42. The lowest BCUT2D eigenvalue weighted by Crippen LogP contribution is -2.58. The first kappa shape index (κ1) is 15.7. The van der Waals surface area contributed by atoms with Gasteiger partial charge in [0.05, 0.1) is 4.22 Å². The van der Waals surface area contributed by atoms with Gasteiger partial charge in [0.25, 0.3) is 0 Å². The number of rotatable bonds is 2. The van der Waals surface area contributed by atoms with Crippen molar-refractivity contribution in [3.05, 3.63) is 24.1 Å². The second-order valence-corrected chi connectivity index (χ2v) is 8.44. The molecule has 3 aliphatic rings. The lowest BCUT2D eigenvalue weighted by Gasteiger charge is -2.43. The van der Waals surface area contributed by atoms with E-state index < -0.39 is 11.3 Å². The maximum atomic E-state index is 13.9. The molecule has 3 nitrogen and oxygen atoms in total. The molecule has 0 saturated carbocycles. The van der Waals surface area contributed by atoms with Crippen LogP contribution in [-0.2, 0) is 9.31 Å². The van der Waals surface area contributed by atoms with Crippen LogP contribution >= 0.6 is 15.9 Å². The normalized spacial score (nSPS) is 39.4. The van der Waals surface area contributed by atoms with Crippen LogP contribution in [0, 0.1) is 11.3 Å². The molecule has 116 valence electrons. The molecule has 1 aliphatic carbocycles. The summed E-state index contributed by atoms with van der Waals surface area (Å²) in [7, 11) is -0.464. The molecule has 6 heteroatoms. The van der Waals surface area contributed by atoms with Gasteiger partial charge in [0, 0.05) is 30.6 Å². The minimum atomic E-state index is -0.648.